The minimum Gasteiger partial charge on any atom is -0.393 e. The third-order valence-electron chi connectivity index (χ3n) is 3.22. The molecule has 7 heteroatoms. The van der Waals surface area contributed by atoms with Gasteiger partial charge in [0.05, 0.1) is 12.3 Å². The third-order valence-corrected chi connectivity index (χ3v) is 5.13. The number of hydrogen-bond donors (Lipinski definition) is 1. The Morgan fingerprint density at radius 1 is 1.61 bits per heavy atom. The summed E-state index contributed by atoms with van der Waals surface area (Å²) in [4.78, 5) is 0.225. The summed E-state index contributed by atoms with van der Waals surface area (Å²) in [7, 11) is -1.78. The van der Waals surface area contributed by atoms with E-state index in [-0.39, 0.29) is 10.9 Å². The van der Waals surface area contributed by atoms with Crippen LogP contribution in [0.4, 0.5) is 0 Å². The molecular weight excluding hydrogens is 254 g/mol. The Balaban J connectivity index is 2.24. The lowest BCUT2D eigenvalue weighted by molar-refractivity contribution is 0.158. The van der Waals surface area contributed by atoms with Gasteiger partial charge in [-0.1, -0.05) is 0 Å². The molecule has 1 aliphatic rings. The number of rotatable bonds is 4. The molecule has 0 aromatic carbocycles. The van der Waals surface area contributed by atoms with Crippen LogP contribution in [0.15, 0.2) is 17.3 Å². The second kappa shape index (κ2) is 4.99. The van der Waals surface area contributed by atoms with E-state index < -0.39 is 16.1 Å². The Bertz CT molecular complexity index is 509. The summed E-state index contributed by atoms with van der Waals surface area (Å²) in [6.45, 7) is 2.21. The summed E-state index contributed by atoms with van der Waals surface area (Å²) >= 11 is 0. The minimum atomic E-state index is -3.47. The number of aryl methyl sites for hydroxylation is 1. The Kier molecular flexibility index (Phi) is 3.74. The Labute approximate surface area is 107 Å². The molecule has 2 unspecified atom stereocenters. The van der Waals surface area contributed by atoms with Crippen LogP contribution in [-0.4, -0.2) is 46.3 Å². The highest BCUT2D eigenvalue weighted by Gasteiger charge is 2.36. The molecule has 1 N–H and O–H groups in total. The number of hydrogen-bond acceptors (Lipinski definition) is 4. The first-order chi connectivity index (χ1) is 8.41. The van der Waals surface area contributed by atoms with Crippen molar-refractivity contribution in [2.45, 2.75) is 43.2 Å². The molecule has 0 aliphatic carbocycles. The zero-order chi connectivity index (χ0) is 13.3. The van der Waals surface area contributed by atoms with Gasteiger partial charge in [0.15, 0.2) is 0 Å². The van der Waals surface area contributed by atoms with Gasteiger partial charge in [-0.3, -0.25) is 4.68 Å². The van der Waals surface area contributed by atoms with Crippen molar-refractivity contribution in [1.29, 1.82) is 0 Å². The van der Waals surface area contributed by atoms with Crippen LogP contribution in [0, 0.1) is 0 Å². The van der Waals surface area contributed by atoms with Gasteiger partial charge in [0.25, 0.3) is 0 Å². The van der Waals surface area contributed by atoms with Crippen LogP contribution in [0.1, 0.15) is 26.2 Å². The molecule has 2 heterocycles. The van der Waals surface area contributed by atoms with Gasteiger partial charge in [-0.2, -0.15) is 9.40 Å². The van der Waals surface area contributed by atoms with Gasteiger partial charge in [0, 0.05) is 25.8 Å². The van der Waals surface area contributed by atoms with Gasteiger partial charge in [-0.25, -0.2) is 8.42 Å². The van der Waals surface area contributed by atoms with Crippen molar-refractivity contribution in [2.75, 3.05) is 6.54 Å². The third kappa shape index (κ3) is 2.57. The van der Waals surface area contributed by atoms with E-state index in [1.165, 1.54) is 21.4 Å². The monoisotopic (exact) mass is 273 g/mol. The van der Waals surface area contributed by atoms with E-state index in [9.17, 15) is 13.5 Å². The lowest BCUT2D eigenvalue weighted by Gasteiger charge is -2.24. The number of nitrogens with zero attached hydrogens (tertiary/aromatic N) is 3. The van der Waals surface area contributed by atoms with Crippen LogP contribution in [0.2, 0.25) is 0 Å². The zero-order valence-electron chi connectivity index (χ0n) is 10.7. The molecule has 1 saturated heterocycles. The highest BCUT2D eigenvalue weighted by atomic mass is 32.2. The van der Waals surface area contributed by atoms with Crippen molar-refractivity contribution >= 4 is 10.0 Å². The smallest absolute Gasteiger partial charge is 0.246 e. The maximum absolute atomic E-state index is 12.4. The predicted octanol–water partition coefficient (Wildman–Crippen LogP) is 0.344. The summed E-state index contributed by atoms with van der Waals surface area (Å²) in [5.74, 6) is 0. The standard InChI is InChI=1S/C11H19N3O3S/c1-9(15)6-10-4-3-5-14(10)18(16,17)11-7-12-13(2)8-11/h7-10,15H,3-6H2,1-2H3. The lowest BCUT2D eigenvalue weighted by atomic mass is 10.1. The molecule has 1 fully saturated rings. The van der Waals surface area contributed by atoms with Crippen LogP contribution >= 0.6 is 0 Å². The molecule has 1 aliphatic heterocycles. The summed E-state index contributed by atoms with van der Waals surface area (Å²) in [5, 5.41) is 13.3. The van der Waals surface area contributed by atoms with Gasteiger partial charge in [0.1, 0.15) is 4.90 Å². The van der Waals surface area contributed by atoms with Crippen LogP contribution in [0.25, 0.3) is 0 Å². The predicted molar refractivity (Wildman–Crippen MR) is 66.4 cm³/mol. The van der Waals surface area contributed by atoms with Crippen molar-refractivity contribution in [1.82, 2.24) is 14.1 Å². The minimum absolute atomic E-state index is 0.102. The molecule has 102 valence electrons. The van der Waals surface area contributed by atoms with E-state index in [0.717, 1.165) is 12.8 Å². The van der Waals surface area contributed by atoms with Crippen LogP contribution in [0.5, 0.6) is 0 Å². The van der Waals surface area contributed by atoms with E-state index in [1.807, 2.05) is 0 Å². The molecule has 1 aromatic heterocycles. The first kappa shape index (κ1) is 13.5. The average Bonchev–Trinajstić information content (AvgIpc) is 2.86. The molecule has 2 rings (SSSR count). The van der Waals surface area contributed by atoms with Crippen molar-refractivity contribution < 1.29 is 13.5 Å². The first-order valence-electron chi connectivity index (χ1n) is 6.10. The van der Waals surface area contributed by atoms with Gasteiger partial charge in [-0.05, 0) is 26.2 Å². The van der Waals surface area contributed by atoms with E-state index in [4.69, 9.17) is 0 Å². The molecule has 0 radical (unpaired) electrons. The van der Waals surface area contributed by atoms with E-state index in [1.54, 1.807) is 14.0 Å². The Hall–Kier alpha value is -0.920. The highest BCUT2D eigenvalue weighted by molar-refractivity contribution is 7.89. The fourth-order valence-corrected chi connectivity index (χ4v) is 4.11. The van der Waals surface area contributed by atoms with Crippen molar-refractivity contribution in [3.8, 4) is 0 Å². The fourth-order valence-electron chi connectivity index (χ4n) is 2.42. The van der Waals surface area contributed by atoms with Gasteiger partial charge < -0.3 is 5.11 Å². The largest absolute Gasteiger partial charge is 0.393 e. The van der Waals surface area contributed by atoms with Gasteiger partial charge >= 0.3 is 0 Å². The molecule has 2 atom stereocenters. The second-order valence-corrected chi connectivity index (χ2v) is 6.74. The zero-order valence-corrected chi connectivity index (χ0v) is 11.5. The maximum atomic E-state index is 12.4. The first-order valence-corrected chi connectivity index (χ1v) is 7.54. The number of sulfonamides is 1. The SMILES string of the molecule is CC(O)CC1CCCN1S(=O)(=O)c1cnn(C)c1. The quantitative estimate of drug-likeness (QED) is 0.858. The molecule has 18 heavy (non-hydrogen) atoms. The van der Waals surface area contributed by atoms with Gasteiger partial charge in [0.2, 0.25) is 10.0 Å². The molecule has 0 amide bonds. The molecule has 0 saturated carbocycles. The van der Waals surface area contributed by atoms with Crippen molar-refractivity contribution in [3.05, 3.63) is 12.4 Å². The van der Waals surface area contributed by atoms with Crippen LogP contribution in [0.3, 0.4) is 0 Å². The Morgan fingerprint density at radius 3 is 2.89 bits per heavy atom. The molecule has 6 nitrogen and oxygen atoms in total. The van der Waals surface area contributed by atoms with E-state index >= 15 is 0 Å². The second-order valence-electron chi connectivity index (χ2n) is 4.85. The Morgan fingerprint density at radius 2 is 2.33 bits per heavy atom. The van der Waals surface area contributed by atoms with Crippen molar-refractivity contribution in [2.24, 2.45) is 7.05 Å². The molecular formula is C11H19N3O3S. The number of aliphatic hydroxyl groups is 1. The van der Waals surface area contributed by atoms with Crippen LogP contribution in [-0.2, 0) is 17.1 Å². The normalized spacial score (nSPS) is 23.4. The highest BCUT2D eigenvalue weighted by Crippen LogP contribution is 2.28. The average molecular weight is 273 g/mol. The number of aliphatic hydroxyl groups excluding tert-OH is 1. The summed E-state index contributed by atoms with van der Waals surface area (Å²) in [6, 6.07) is -0.102. The van der Waals surface area contributed by atoms with E-state index in [2.05, 4.69) is 5.10 Å². The fraction of sp³-hybridized carbons (Fsp3) is 0.727. The van der Waals surface area contributed by atoms with Crippen molar-refractivity contribution in [3.63, 3.8) is 0 Å². The molecule has 0 bridgehead atoms. The van der Waals surface area contributed by atoms with E-state index in [0.29, 0.717) is 13.0 Å². The number of aromatic nitrogens is 2. The summed E-state index contributed by atoms with van der Waals surface area (Å²) in [5.41, 5.74) is 0. The molecule has 0 spiro atoms. The maximum Gasteiger partial charge on any atom is 0.246 e. The summed E-state index contributed by atoms with van der Waals surface area (Å²) < 4.78 is 27.8. The van der Waals surface area contributed by atoms with Crippen LogP contribution < -0.4 is 0 Å². The molecule has 1 aromatic rings. The topological polar surface area (TPSA) is 75.4 Å². The van der Waals surface area contributed by atoms with Gasteiger partial charge in [-0.15, -0.1) is 0 Å². The lowest BCUT2D eigenvalue weighted by Crippen LogP contribution is -2.37. The summed E-state index contributed by atoms with van der Waals surface area (Å²) in [6.07, 6.45) is 4.53.